The highest BCUT2D eigenvalue weighted by atomic mass is 16.5. The third-order valence-corrected chi connectivity index (χ3v) is 5.23. The first-order chi connectivity index (χ1) is 12.7. The van der Waals surface area contributed by atoms with Crippen LogP contribution >= 0.6 is 0 Å². The van der Waals surface area contributed by atoms with E-state index in [0.717, 1.165) is 60.1 Å². The lowest BCUT2D eigenvalue weighted by atomic mass is 9.98. The summed E-state index contributed by atoms with van der Waals surface area (Å²) in [6.07, 6.45) is 2.61. The fraction of sp³-hybridized carbons (Fsp3) is 0.450. The average Bonchev–Trinajstić information content (AvgIpc) is 2.99. The molecule has 2 aromatic rings. The molecule has 1 unspecified atom stereocenters. The molecule has 4 rings (SSSR count). The zero-order valence-corrected chi connectivity index (χ0v) is 15.3. The number of aryl methyl sites for hydroxylation is 1. The van der Waals surface area contributed by atoms with Gasteiger partial charge in [-0.15, -0.1) is 0 Å². The first kappa shape index (κ1) is 17.0. The van der Waals surface area contributed by atoms with Crippen molar-refractivity contribution in [2.24, 2.45) is 0 Å². The quantitative estimate of drug-likeness (QED) is 0.915. The lowest BCUT2D eigenvalue weighted by Crippen LogP contribution is -2.30. The topological polar surface area (TPSA) is 67.3 Å². The Hall–Kier alpha value is -2.47. The van der Waals surface area contributed by atoms with E-state index in [-0.39, 0.29) is 5.91 Å². The Morgan fingerprint density at radius 1 is 1.35 bits per heavy atom. The van der Waals surface area contributed by atoms with Crippen LogP contribution in [0, 0.1) is 6.92 Å². The van der Waals surface area contributed by atoms with Crippen LogP contribution in [0.15, 0.2) is 24.3 Å². The van der Waals surface area contributed by atoms with E-state index in [1.54, 1.807) is 12.0 Å². The lowest BCUT2D eigenvalue weighted by molar-refractivity contribution is -0.117. The highest BCUT2D eigenvalue weighted by Gasteiger charge is 2.32. The summed E-state index contributed by atoms with van der Waals surface area (Å²) in [5.41, 5.74) is 2.92. The van der Waals surface area contributed by atoms with Gasteiger partial charge in [0.25, 0.3) is 0 Å². The summed E-state index contributed by atoms with van der Waals surface area (Å²) in [5, 5.41) is 3.42. The van der Waals surface area contributed by atoms with Crippen LogP contribution in [0.5, 0.6) is 5.75 Å². The first-order valence-electron chi connectivity index (χ1n) is 9.17. The van der Waals surface area contributed by atoms with E-state index in [4.69, 9.17) is 14.7 Å². The highest BCUT2D eigenvalue weighted by Crippen LogP contribution is 2.33. The number of nitrogens with one attached hydrogen (secondary N) is 1. The number of rotatable bonds is 4. The summed E-state index contributed by atoms with van der Waals surface area (Å²) >= 11 is 0. The zero-order valence-electron chi connectivity index (χ0n) is 15.3. The predicted molar refractivity (Wildman–Crippen MR) is 99.5 cm³/mol. The summed E-state index contributed by atoms with van der Waals surface area (Å²) in [7, 11) is 1.65. The Labute approximate surface area is 153 Å². The number of benzene rings is 1. The first-order valence-corrected chi connectivity index (χ1v) is 9.17. The Balaban J connectivity index is 1.66. The van der Waals surface area contributed by atoms with Crippen LogP contribution in [0.1, 0.15) is 41.4 Å². The Kier molecular flexibility index (Phi) is 4.59. The van der Waals surface area contributed by atoms with Crippen LogP contribution in [-0.4, -0.2) is 36.1 Å². The molecule has 136 valence electrons. The molecule has 1 atom stereocenters. The van der Waals surface area contributed by atoms with Gasteiger partial charge in [-0.2, -0.15) is 0 Å². The molecule has 1 N–H and O–H groups in total. The summed E-state index contributed by atoms with van der Waals surface area (Å²) in [6.45, 7) is 4.45. The molecule has 1 fully saturated rings. The molecule has 0 saturated carbocycles. The molecule has 2 aliphatic rings. The van der Waals surface area contributed by atoms with Crippen LogP contribution in [0.2, 0.25) is 0 Å². The number of hydrogen-bond acceptors (Lipinski definition) is 5. The number of carbonyl (C=O) groups excluding carboxylic acids is 1. The van der Waals surface area contributed by atoms with Gasteiger partial charge in [-0.1, -0.05) is 12.1 Å². The lowest BCUT2D eigenvalue weighted by Gasteiger charge is -2.23. The van der Waals surface area contributed by atoms with Crippen molar-refractivity contribution in [1.82, 2.24) is 15.3 Å². The standard InChI is InChI=1S/C20H24N4O2/c1-13-17-10-18(25)24(12-14-5-3-7-16(9-14)26-2)20(17)23-19(22-13)15-6-4-8-21-11-15/h3,5,7,9,15,21H,4,6,8,10-12H2,1-2H3. The maximum atomic E-state index is 12.6. The van der Waals surface area contributed by atoms with E-state index in [0.29, 0.717) is 18.9 Å². The van der Waals surface area contributed by atoms with Crippen molar-refractivity contribution < 1.29 is 9.53 Å². The van der Waals surface area contributed by atoms with Gasteiger partial charge in [0, 0.05) is 23.7 Å². The van der Waals surface area contributed by atoms with E-state index < -0.39 is 0 Å². The molecule has 2 aliphatic heterocycles. The van der Waals surface area contributed by atoms with Crippen LogP contribution in [0.25, 0.3) is 0 Å². The van der Waals surface area contributed by atoms with E-state index in [9.17, 15) is 4.79 Å². The van der Waals surface area contributed by atoms with Crippen molar-refractivity contribution in [2.45, 2.75) is 38.6 Å². The summed E-state index contributed by atoms with van der Waals surface area (Å²) in [5.74, 6) is 2.84. The Morgan fingerprint density at radius 2 is 2.23 bits per heavy atom. The molecule has 0 bridgehead atoms. The number of amides is 1. The maximum Gasteiger partial charge on any atom is 0.233 e. The molecule has 3 heterocycles. The van der Waals surface area contributed by atoms with Gasteiger partial charge in [0.05, 0.1) is 20.1 Å². The zero-order chi connectivity index (χ0) is 18.1. The third-order valence-electron chi connectivity index (χ3n) is 5.23. The fourth-order valence-electron chi connectivity index (χ4n) is 3.77. The largest absolute Gasteiger partial charge is 0.497 e. The number of nitrogens with zero attached hydrogens (tertiary/aromatic N) is 3. The van der Waals surface area contributed by atoms with E-state index in [1.165, 1.54) is 0 Å². The van der Waals surface area contributed by atoms with Crippen LogP contribution in [-0.2, 0) is 17.8 Å². The molecule has 0 spiro atoms. The third kappa shape index (κ3) is 3.17. The Morgan fingerprint density at radius 3 is 3.00 bits per heavy atom. The molecule has 0 aliphatic carbocycles. The van der Waals surface area contributed by atoms with Gasteiger partial charge in [-0.25, -0.2) is 9.97 Å². The number of anilines is 1. The van der Waals surface area contributed by atoms with Crippen LogP contribution in [0.4, 0.5) is 5.82 Å². The number of ether oxygens (including phenoxy) is 1. The van der Waals surface area contributed by atoms with Gasteiger partial charge in [0.1, 0.15) is 17.4 Å². The summed E-state index contributed by atoms with van der Waals surface area (Å²) < 4.78 is 5.30. The fourth-order valence-corrected chi connectivity index (χ4v) is 3.77. The minimum atomic E-state index is 0.0825. The van der Waals surface area contributed by atoms with E-state index >= 15 is 0 Å². The maximum absolute atomic E-state index is 12.6. The van der Waals surface area contributed by atoms with Gasteiger partial charge < -0.3 is 10.1 Å². The Bertz CT molecular complexity index is 831. The van der Waals surface area contributed by atoms with Gasteiger partial charge in [-0.05, 0) is 44.0 Å². The van der Waals surface area contributed by atoms with Gasteiger partial charge in [-0.3, -0.25) is 9.69 Å². The van der Waals surface area contributed by atoms with Crippen molar-refractivity contribution in [2.75, 3.05) is 25.1 Å². The minimum Gasteiger partial charge on any atom is -0.497 e. The van der Waals surface area contributed by atoms with Crippen molar-refractivity contribution in [3.63, 3.8) is 0 Å². The number of carbonyl (C=O) groups is 1. The van der Waals surface area contributed by atoms with Crippen molar-refractivity contribution in [3.05, 3.63) is 46.9 Å². The van der Waals surface area contributed by atoms with Crippen LogP contribution in [0.3, 0.4) is 0 Å². The number of hydrogen-bond donors (Lipinski definition) is 1. The number of aromatic nitrogens is 2. The SMILES string of the molecule is COc1cccc(CN2C(=O)Cc3c(C)nc(C4CCCNC4)nc32)c1. The molecule has 1 saturated heterocycles. The van der Waals surface area contributed by atoms with Gasteiger partial charge >= 0.3 is 0 Å². The number of fused-ring (bicyclic) bond motifs is 1. The van der Waals surface area contributed by atoms with E-state index in [2.05, 4.69) is 5.32 Å². The molecular weight excluding hydrogens is 328 g/mol. The average molecular weight is 352 g/mol. The summed E-state index contributed by atoms with van der Waals surface area (Å²) in [4.78, 5) is 24.0. The molecule has 1 aromatic heterocycles. The molecule has 1 aromatic carbocycles. The predicted octanol–water partition coefficient (Wildman–Crippen LogP) is 2.35. The smallest absolute Gasteiger partial charge is 0.233 e. The second kappa shape index (κ2) is 7.03. The normalized spacial score (nSPS) is 19.5. The molecule has 6 heteroatoms. The van der Waals surface area contributed by atoms with Crippen molar-refractivity contribution in [1.29, 1.82) is 0 Å². The number of piperidine rings is 1. The molecule has 1 amide bonds. The summed E-state index contributed by atoms with van der Waals surface area (Å²) in [6, 6.07) is 7.82. The van der Waals surface area contributed by atoms with Crippen LogP contribution < -0.4 is 15.0 Å². The van der Waals surface area contributed by atoms with Crippen molar-refractivity contribution in [3.8, 4) is 5.75 Å². The monoisotopic (exact) mass is 352 g/mol. The molecule has 6 nitrogen and oxygen atoms in total. The molecule has 26 heavy (non-hydrogen) atoms. The highest BCUT2D eigenvalue weighted by molar-refractivity contribution is 6.00. The second-order valence-corrected chi connectivity index (χ2v) is 7.02. The second-order valence-electron chi connectivity index (χ2n) is 7.02. The molecular formula is C20H24N4O2. The van der Waals surface area contributed by atoms with Crippen molar-refractivity contribution >= 4 is 11.7 Å². The minimum absolute atomic E-state index is 0.0825. The van der Waals surface area contributed by atoms with E-state index in [1.807, 2.05) is 31.2 Å². The molecule has 0 radical (unpaired) electrons. The van der Waals surface area contributed by atoms with Gasteiger partial charge in [0.15, 0.2) is 0 Å². The van der Waals surface area contributed by atoms with Gasteiger partial charge in [0.2, 0.25) is 5.91 Å². The number of methoxy groups -OCH3 is 1.